The van der Waals surface area contributed by atoms with Crippen LogP contribution in [0.3, 0.4) is 0 Å². The maximum Gasteiger partial charge on any atom is 0.325 e. The summed E-state index contributed by atoms with van der Waals surface area (Å²) in [7, 11) is 0. The van der Waals surface area contributed by atoms with Crippen molar-refractivity contribution in [2.45, 2.75) is 52.0 Å². The lowest BCUT2D eigenvalue weighted by Gasteiger charge is -2.25. The zero-order chi connectivity index (χ0) is 17.3. The smallest absolute Gasteiger partial charge is 0.325 e. The van der Waals surface area contributed by atoms with Crippen molar-refractivity contribution in [2.24, 2.45) is 5.92 Å². The summed E-state index contributed by atoms with van der Waals surface area (Å²) in [4.78, 5) is 15.8. The molecule has 3 rings (SSSR count). The maximum absolute atomic E-state index is 13.5. The Morgan fingerprint density at radius 1 is 1.42 bits per heavy atom. The number of hydrogen-bond acceptors (Lipinski definition) is 3. The number of benzene rings is 1. The summed E-state index contributed by atoms with van der Waals surface area (Å²) in [5.41, 5.74) is 1.23. The lowest BCUT2D eigenvalue weighted by Crippen LogP contribution is -2.19. The first-order valence-electron chi connectivity index (χ1n) is 8.37. The van der Waals surface area contributed by atoms with E-state index < -0.39 is 5.97 Å². The van der Waals surface area contributed by atoms with Gasteiger partial charge in [0.1, 0.15) is 18.2 Å². The third kappa shape index (κ3) is 3.47. The van der Waals surface area contributed by atoms with Gasteiger partial charge >= 0.3 is 5.97 Å². The first-order valence-corrected chi connectivity index (χ1v) is 8.37. The Balaban J connectivity index is 1.99. The lowest BCUT2D eigenvalue weighted by atomic mass is 9.82. The quantitative estimate of drug-likeness (QED) is 0.926. The van der Waals surface area contributed by atoms with Crippen LogP contribution in [-0.4, -0.2) is 25.8 Å². The Morgan fingerprint density at radius 2 is 2.21 bits per heavy atom. The minimum atomic E-state index is -0.938. The van der Waals surface area contributed by atoms with E-state index in [1.165, 1.54) is 17.2 Å². The van der Waals surface area contributed by atoms with Crippen molar-refractivity contribution in [3.63, 3.8) is 0 Å². The molecule has 0 aliphatic heterocycles. The first-order chi connectivity index (χ1) is 11.4. The minimum absolute atomic E-state index is 0.201. The zero-order valence-corrected chi connectivity index (χ0v) is 14.0. The summed E-state index contributed by atoms with van der Waals surface area (Å²) in [5.74, 6) is 0.830. The second-order valence-corrected chi connectivity index (χ2v) is 6.78. The van der Waals surface area contributed by atoms with Crippen LogP contribution in [0.1, 0.15) is 49.9 Å². The molecule has 2 atom stereocenters. The Labute approximate surface area is 140 Å². The van der Waals surface area contributed by atoms with Crippen LogP contribution in [0.25, 0.3) is 11.4 Å². The van der Waals surface area contributed by atoms with Crippen LogP contribution in [0, 0.1) is 18.7 Å². The van der Waals surface area contributed by atoms with Gasteiger partial charge in [0.25, 0.3) is 0 Å². The van der Waals surface area contributed by atoms with Gasteiger partial charge in [-0.1, -0.05) is 19.8 Å². The van der Waals surface area contributed by atoms with Crippen LogP contribution < -0.4 is 0 Å². The van der Waals surface area contributed by atoms with E-state index in [2.05, 4.69) is 17.0 Å². The Hall–Kier alpha value is -2.24. The van der Waals surface area contributed by atoms with E-state index in [-0.39, 0.29) is 18.3 Å². The number of carboxylic acid groups (broad SMARTS) is 1. The van der Waals surface area contributed by atoms with E-state index in [0.29, 0.717) is 22.9 Å². The van der Waals surface area contributed by atoms with Crippen LogP contribution in [0.5, 0.6) is 0 Å². The third-order valence-electron chi connectivity index (χ3n) is 4.70. The molecular formula is C18H22FN3O2. The Bertz CT molecular complexity index is 757. The second kappa shape index (κ2) is 6.71. The van der Waals surface area contributed by atoms with E-state index in [4.69, 9.17) is 5.11 Å². The molecule has 1 aliphatic carbocycles. The van der Waals surface area contributed by atoms with Crippen molar-refractivity contribution in [1.82, 2.24) is 14.8 Å². The van der Waals surface area contributed by atoms with E-state index in [1.807, 2.05) is 0 Å². The molecule has 0 radical (unpaired) electrons. The number of carboxylic acids is 1. The molecule has 2 aromatic rings. The van der Waals surface area contributed by atoms with Gasteiger partial charge in [-0.05, 0) is 49.4 Å². The van der Waals surface area contributed by atoms with Crippen LogP contribution >= 0.6 is 0 Å². The highest BCUT2D eigenvalue weighted by Gasteiger charge is 2.26. The van der Waals surface area contributed by atoms with Gasteiger partial charge < -0.3 is 5.11 Å². The predicted molar refractivity (Wildman–Crippen MR) is 88.2 cm³/mol. The SMILES string of the molecule is Cc1cc(-c2nc(C3CCCC(C)C3)n(CC(=O)O)n2)ccc1F. The van der Waals surface area contributed by atoms with Gasteiger partial charge in [0, 0.05) is 11.5 Å². The van der Waals surface area contributed by atoms with E-state index >= 15 is 0 Å². The Kier molecular flexibility index (Phi) is 4.64. The molecule has 1 aliphatic rings. The molecule has 1 fully saturated rings. The molecule has 0 amide bonds. The highest BCUT2D eigenvalue weighted by atomic mass is 19.1. The summed E-state index contributed by atoms with van der Waals surface area (Å²) in [6.07, 6.45) is 4.33. The molecule has 128 valence electrons. The second-order valence-electron chi connectivity index (χ2n) is 6.78. The average Bonchev–Trinajstić information content (AvgIpc) is 2.93. The molecule has 24 heavy (non-hydrogen) atoms. The molecule has 5 nitrogen and oxygen atoms in total. The number of aryl methyl sites for hydroxylation is 1. The van der Waals surface area contributed by atoms with Gasteiger partial charge in [0.15, 0.2) is 5.82 Å². The fourth-order valence-electron chi connectivity index (χ4n) is 3.48. The van der Waals surface area contributed by atoms with Crippen molar-refractivity contribution < 1.29 is 14.3 Å². The van der Waals surface area contributed by atoms with Gasteiger partial charge in [-0.25, -0.2) is 14.1 Å². The van der Waals surface area contributed by atoms with E-state index in [0.717, 1.165) is 25.1 Å². The standard InChI is InChI=1S/C18H22FN3O2/c1-11-4-3-5-14(8-11)18-20-17(21-22(18)10-16(23)24)13-6-7-15(19)12(2)9-13/h6-7,9,11,14H,3-5,8,10H2,1-2H3,(H,23,24). The number of hydrogen-bond donors (Lipinski definition) is 1. The van der Waals surface area contributed by atoms with Crippen LogP contribution in [0.2, 0.25) is 0 Å². The van der Waals surface area contributed by atoms with E-state index in [9.17, 15) is 9.18 Å². The third-order valence-corrected chi connectivity index (χ3v) is 4.70. The molecule has 0 bridgehead atoms. The summed E-state index contributed by atoms with van der Waals surface area (Å²) < 4.78 is 15.0. The van der Waals surface area contributed by atoms with Gasteiger partial charge in [0.05, 0.1) is 0 Å². The summed E-state index contributed by atoms with van der Waals surface area (Å²) >= 11 is 0. The van der Waals surface area contributed by atoms with Crippen LogP contribution in [0.15, 0.2) is 18.2 Å². The fraction of sp³-hybridized carbons (Fsp3) is 0.500. The van der Waals surface area contributed by atoms with Crippen LogP contribution in [0.4, 0.5) is 4.39 Å². The molecule has 1 aromatic heterocycles. The van der Waals surface area contributed by atoms with Crippen molar-refractivity contribution >= 4 is 5.97 Å². The molecule has 1 heterocycles. The molecule has 6 heteroatoms. The largest absolute Gasteiger partial charge is 0.480 e. The number of carbonyl (C=O) groups is 1. The van der Waals surface area contributed by atoms with Gasteiger partial charge in [-0.3, -0.25) is 4.79 Å². The summed E-state index contributed by atoms with van der Waals surface area (Å²) in [5, 5.41) is 13.6. The average molecular weight is 331 g/mol. The van der Waals surface area contributed by atoms with E-state index in [1.54, 1.807) is 19.1 Å². The number of aromatic nitrogens is 3. The van der Waals surface area contributed by atoms with Gasteiger partial charge in [-0.15, -0.1) is 0 Å². The van der Waals surface area contributed by atoms with Gasteiger partial charge in [-0.2, -0.15) is 5.10 Å². The zero-order valence-electron chi connectivity index (χ0n) is 14.0. The topological polar surface area (TPSA) is 68.0 Å². The fourth-order valence-corrected chi connectivity index (χ4v) is 3.48. The minimum Gasteiger partial charge on any atom is -0.480 e. The number of aliphatic carboxylic acids is 1. The predicted octanol–water partition coefficient (Wildman–Crippen LogP) is 3.77. The maximum atomic E-state index is 13.5. The highest BCUT2D eigenvalue weighted by molar-refractivity contribution is 5.66. The summed E-state index contributed by atoms with van der Waals surface area (Å²) in [6, 6.07) is 4.73. The Morgan fingerprint density at radius 3 is 2.88 bits per heavy atom. The normalized spacial score (nSPS) is 21.0. The molecule has 1 N–H and O–H groups in total. The summed E-state index contributed by atoms with van der Waals surface area (Å²) in [6.45, 7) is 3.71. The highest BCUT2D eigenvalue weighted by Crippen LogP contribution is 2.36. The molecule has 0 spiro atoms. The monoisotopic (exact) mass is 331 g/mol. The molecular weight excluding hydrogens is 309 g/mol. The van der Waals surface area contributed by atoms with Crippen molar-refractivity contribution in [1.29, 1.82) is 0 Å². The lowest BCUT2D eigenvalue weighted by molar-refractivity contribution is -0.137. The number of rotatable bonds is 4. The molecule has 0 saturated heterocycles. The van der Waals surface area contributed by atoms with Crippen LogP contribution in [-0.2, 0) is 11.3 Å². The van der Waals surface area contributed by atoms with Crippen molar-refractivity contribution in [2.75, 3.05) is 0 Å². The first kappa shape index (κ1) is 16.6. The van der Waals surface area contributed by atoms with Crippen molar-refractivity contribution in [3.05, 3.63) is 35.4 Å². The van der Waals surface area contributed by atoms with Gasteiger partial charge in [0.2, 0.25) is 0 Å². The number of nitrogens with zero attached hydrogens (tertiary/aromatic N) is 3. The number of halogens is 1. The molecule has 1 saturated carbocycles. The molecule has 2 unspecified atom stereocenters. The molecule has 1 aromatic carbocycles. The van der Waals surface area contributed by atoms with Crippen molar-refractivity contribution in [3.8, 4) is 11.4 Å².